The minimum absolute atomic E-state index is 0.0194. The lowest BCUT2D eigenvalue weighted by Gasteiger charge is -2.05. The fourth-order valence-electron chi connectivity index (χ4n) is 1.46. The van der Waals surface area contributed by atoms with Crippen LogP contribution in [0.25, 0.3) is 0 Å². The first-order valence-electron chi connectivity index (χ1n) is 5.27. The number of anilines is 1. The number of ether oxygens (including phenoxy) is 1. The van der Waals surface area contributed by atoms with E-state index in [4.69, 9.17) is 10.5 Å². The Morgan fingerprint density at radius 3 is 2.94 bits per heavy atom. The number of nitrogen functional groups attached to an aromatic ring is 1. The molecular formula is C12H12FN3O2. The molecule has 2 aromatic rings. The second kappa shape index (κ2) is 4.87. The van der Waals surface area contributed by atoms with Crippen molar-refractivity contribution in [2.45, 2.75) is 6.61 Å². The molecule has 0 saturated heterocycles. The summed E-state index contributed by atoms with van der Waals surface area (Å²) in [4.78, 5) is 11.7. The predicted molar refractivity (Wildman–Crippen MR) is 63.1 cm³/mol. The van der Waals surface area contributed by atoms with Gasteiger partial charge in [-0.3, -0.25) is 4.68 Å². The number of esters is 1. The van der Waals surface area contributed by atoms with Crippen LogP contribution in [0.2, 0.25) is 0 Å². The van der Waals surface area contributed by atoms with E-state index in [1.807, 2.05) is 0 Å². The summed E-state index contributed by atoms with van der Waals surface area (Å²) >= 11 is 0. The molecular weight excluding hydrogens is 237 g/mol. The molecule has 2 rings (SSSR count). The van der Waals surface area contributed by atoms with E-state index in [0.717, 1.165) is 6.07 Å². The van der Waals surface area contributed by atoms with Crippen molar-refractivity contribution < 1.29 is 13.9 Å². The molecule has 0 spiro atoms. The van der Waals surface area contributed by atoms with Gasteiger partial charge in [0.05, 0.1) is 11.3 Å². The first-order chi connectivity index (χ1) is 8.56. The highest BCUT2D eigenvalue weighted by atomic mass is 19.1. The van der Waals surface area contributed by atoms with Crippen LogP contribution >= 0.6 is 0 Å². The van der Waals surface area contributed by atoms with Gasteiger partial charge in [-0.1, -0.05) is 0 Å². The van der Waals surface area contributed by atoms with Crippen LogP contribution in [0, 0.1) is 5.82 Å². The van der Waals surface area contributed by atoms with Gasteiger partial charge in [0.2, 0.25) is 0 Å². The molecule has 2 N–H and O–H groups in total. The Kier molecular flexibility index (Phi) is 3.27. The highest BCUT2D eigenvalue weighted by Gasteiger charge is 2.13. The van der Waals surface area contributed by atoms with E-state index in [9.17, 15) is 9.18 Å². The van der Waals surface area contributed by atoms with E-state index in [1.165, 1.54) is 12.1 Å². The highest BCUT2D eigenvalue weighted by molar-refractivity contribution is 5.94. The Morgan fingerprint density at radius 2 is 2.28 bits per heavy atom. The number of carbonyl (C=O) groups excluding carboxylic acids is 1. The molecule has 0 fully saturated rings. The second-order valence-electron chi connectivity index (χ2n) is 3.79. The number of benzene rings is 1. The normalized spacial score (nSPS) is 10.3. The van der Waals surface area contributed by atoms with Gasteiger partial charge in [-0.2, -0.15) is 5.10 Å². The number of rotatable bonds is 3. The minimum Gasteiger partial charge on any atom is -0.455 e. The summed E-state index contributed by atoms with van der Waals surface area (Å²) in [5, 5.41) is 4.05. The number of nitrogens with zero attached hydrogens (tertiary/aromatic N) is 2. The summed E-state index contributed by atoms with van der Waals surface area (Å²) < 4.78 is 19.6. The summed E-state index contributed by atoms with van der Waals surface area (Å²) in [6, 6.07) is 5.29. The Bertz CT molecular complexity index is 580. The first kappa shape index (κ1) is 12.1. The van der Waals surface area contributed by atoms with E-state index in [2.05, 4.69) is 5.10 Å². The maximum atomic E-state index is 13.0. The van der Waals surface area contributed by atoms with Crippen molar-refractivity contribution in [2.75, 3.05) is 5.73 Å². The Balaban J connectivity index is 2.05. The van der Waals surface area contributed by atoms with Gasteiger partial charge in [0.15, 0.2) is 0 Å². The third-order valence-electron chi connectivity index (χ3n) is 2.36. The number of halogens is 1. The molecule has 0 unspecified atom stereocenters. The van der Waals surface area contributed by atoms with Gasteiger partial charge in [-0.15, -0.1) is 0 Å². The number of hydrogen-bond acceptors (Lipinski definition) is 4. The van der Waals surface area contributed by atoms with Crippen molar-refractivity contribution in [3.63, 3.8) is 0 Å². The van der Waals surface area contributed by atoms with Crippen molar-refractivity contribution in [1.29, 1.82) is 0 Å². The van der Waals surface area contributed by atoms with Gasteiger partial charge < -0.3 is 10.5 Å². The molecule has 0 aliphatic heterocycles. The van der Waals surface area contributed by atoms with Crippen LogP contribution in [0.1, 0.15) is 16.1 Å². The van der Waals surface area contributed by atoms with Crippen LogP contribution in [0.15, 0.2) is 30.5 Å². The molecule has 5 nitrogen and oxygen atoms in total. The largest absolute Gasteiger partial charge is 0.455 e. The Morgan fingerprint density at radius 1 is 1.50 bits per heavy atom. The molecule has 0 bridgehead atoms. The number of aryl methyl sites for hydroxylation is 1. The Labute approximate surface area is 103 Å². The second-order valence-corrected chi connectivity index (χ2v) is 3.79. The fourth-order valence-corrected chi connectivity index (χ4v) is 1.46. The lowest BCUT2D eigenvalue weighted by Crippen LogP contribution is -2.09. The monoisotopic (exact) mass is 249 g/mol. The predicted octanol–water partition coefficient (Wildman–Crippen LogP) is 1.50. The van der Waals surface area contributed by atoms with E-state index >= 15 is 0 Å². The summed E-state index contributed by atoms with van der Waals surface area (Å²) in [6.07, 6.45) is 1.74. The third kappa shape index (κ3) is 2.65. The number of aromatic nitrogens is 2. The lowest BCUT2D eigenvalue weighted by atomic mass is 10.2. The van der Waals surface area contributed by atoms with E-state index in [0.29, 0.717) is 5.69 Å². The topological polar surface area (TPSA) is 70.1 Å². The average Bonchev–Trinajstić information content (AvgIpc) is 2.75. The number of carbonyl (C=O) groups is 1. The van der Waals surface area contributed by atoms with E-state index in [1.54, 1.807) is 24.0 Å². The van der Waals surface area contributed by atoms with Crippen LogP contribution in [0.5, 0.6) is 0 Å². The highest BCUT2D eigenvalue weighted by Crippen LogP contribution is 2.15. The van der Waals surface area contributed by atoms with Gasteiger partial charge in [-0.25, -0.2) is 9.18 Å². The molecule has 0 amide bonds. The molecule has 18 heavy (non-hydrogen) atoms. The first-order valence-corrected chi connectivity index (χ1v) is 5.27. The quantitative estimate of drug-likeness (QED) is 0.661. The van der Waals surface area contributed by atoms with Crippen LogP contribution < -0.4 is 5.73 Å². The zero-order valence-electron chi connectivity index (χ0n) is 9.76. The zero-order chi connectivity index (χ0) is 13.1. The van der Waals surface area contributed by atoms with Crippen molar-refractivity contribution in [1.82, 2.24) is 9.78 Å². The van der Waals surface area contributed by atoms with E-state index in [-0.39, 0.29) is 17.9 Å². The van der Waals surface area contributed by atoms with Gasteiger partial charge in [0, 0.05) is 18.9 Å². The third-order valence-corrected chi connectivity index (χ3v) is 2.36. The fraction of sp³-hybridized carbons (Fsp3) is 0.167. The molecule has 94 valence electrons. The number of nitrogens with two attached hydrogens (primary N) is 1. The van der Waals surface area contributed by atoms with Gasteiger partial charge in [0.1, 0.15) is 12.4 Å². The van der Waals surface area contributed by atoms with Crippen LogP contribution in [0.3, 0.4) is 0 Å². The molecule has 0 aliphatic carbocycles. The molecule has 0 radical (unpaired) electrons. The Hall–Kier alpha value is -2.37. The summed E-state index contributed by atoms with van der Waals surface area (Å²) in [6.45, 7) is 0.0234. The standard InChI is InChI=1S/C12H12FN3O2/c1-16-5-4-9(15-16)7-18-12(17)10-6-8(13)2-3-11(10)14/h2-6H,7,14H2,1H3. The molecule has 1 aromatic carbocycles. The molecule has 0 atom stereocenters. The molecule has 0 saturated carbocycles. The smallest absolute Gasteiger partial charge is 0.340 e. The summed E-state index contributed by atoms with van der Waals surface area (Å²) in [5.41, 5.74) is 6.39. The van der Waals surface area contributed by atoms with Gasteiger partial charge >= 0.3 is 5.97 Å². The maximum absolute atomic E-state index is 13.0. The molecule has 6 heteroatoms. The summed E-state index contributed by atoms with van der Waals surface area (Å²) in [5.74, 6) is -1.20. The maximum Gasteiger partial charge on any atom is 0.340 e. The minimum atomic E-state index is -0.669. The number of hydrogen-bond donors (Lipinski definition) is 1. The van der Waals surface area contributed by atoms with E-state index < -0.39 is 11.8 Å². The van der Waals surface area contributed by atoms with Crippen molar-refractivity contribution in [3.05, 3.63) is 47.5 Å². The van der Waals surface area contributed by atoms with Crippen LogP contribution in [0.4, 0.5) is 10.1 Å². The molecule has 0 aliphatic rings. The molecule has 1 aromatic heterocycles. The average molecular weight is 249 g/mol. The lowest BCUT2D eigenvalue weighted by molar-refractivity contribution is 0.0468. The van der Waals surface area contributed by atoms with Crippen molar-refractivity contribution >= 4 is 11.7 Å². The van der Waals surface area contributed by atoms with Crippen LogP contribution in [-0.2, 0) is 18.4 Å². The summed E-state index contributed by atoms with van der Waals surface area (Å²) in [7, 11) is 1.76. The van der Waals surface area contributed by atoms with Gasteiger partial charge in [0.25, 0.3) is 0 Å². The SMILES string of the molecule is Cn1ccc(COC(=O)c2cc(F)ccc2N)n1. The van der Waals surface area contributed by atoms with Crippen LogP contribution in [-0.4, -0.2) is 15.7 Å². The zero-order valence-corrected chi connectivity index (χ0v) is 9.76. The molecule has 1 heterocycles. The van der Waals surface area contributed by atoms with Gasteiger partial charge in [-0.05, 0) is 24.3 Å². The van der Waals surface area contributed by atoms with Crippen molar-refractivity contribution in [3.8, 4) is 0 Å². The van der Waals surface area contributed by atoms with Crippen molar-refractivity contribution in [2.24, 2.45) is 7.05 Å².